The number of hydrogen-bond acceptors (Lipinski definition) is 2. The Balaban J connectivity index is 3.36. The molecule has 0 aliphatic carbocycles. The third-order valence-electron chi connectivity index (χ3n) is 0.729. The van der Waals surface area contributed by atoms with Crippen molar-refractivity contribution in [3.63, 3.8) is 0 Å². The predicted octanol–water partition coefficient (Wildman–Crippen LogP) is 1.64. The minimum Gasteiger partial charge on any atom is -0.341 e. The van der Waals surface area contributed by atoms with Gasteiger partial charge in [-0.05, 0) is 6.26 Å². The van der Waals surface area contributed by atoms with E-state index in [1.807, 2.05) is 0 Å². The zero-order chi connectivity index (χ0) is 5.91. The van der Waals surface area contributed by atoms with Crippen LogP contribution >= 0.6 is 11.8 Å². The van der Waals surface area contributed by atoms with Gasteiger partial charge in [-0.2, -0.15) is 4.39 Å². The highest BCUT2D eigenvalue weighted by Gasteiger charge is 2.18. The van der Waals surface area contributed by atoms with Gasteiger partial charge in [-0.25, -0.2) is 0 Å². The van der Waals surface area contributed by atoms with Gasteiger partial charge in [0.1, 0.15) is 0 Å². The lowest BCUT2D eigenvalue weighted by molar-refractivity contribution is -0.0222. The molecule has 0 fully saturated rings. The van der Waals surface area contributed by atoms with E-state index in [1.165, 1.54) is 14.0 Å². The third kappa shape index (κ3) is 2.88. The number of hydrogen-bond donors (Lipinski definition) is 0. The van der Waals surface area contributed by atoms with Gasteiger partial charge in [0.25, 0.3) is 5.19 Å². The zero-order valence-corrected chi connectivity index (χ0v) is 5.51. The zero-order valence-electron chi connectivity index (χ0n) is 4.69. The van der Waals surface area contributed by atoms with Crippen LogP contribution in [-0.2, 0) is 4.74 Å². The molecule has 3 heteroatoms. The van der Waals surface area contributed by atoms with Crippen LogP contribution in [0.1, 0.15) is 6.92 Å². The van der Waals surface area contributed by atoms with E-state index < -0.39 is 5.19 Å². The van der Waals surface area contributed by atoms with Gasteiger partial charge in [-0.15, -0.1) is 0 Å². The molecular formula is C4H9FOS. The Bertz CT molecular complexity index is 49.7. The molecule has 0 aromatic heterocycles. The summed E-state index contributed by atoms with van der Waals surface area (Å²) in [5.74, 6) is 0. The molecule has 7 heavy (non-hydrogen) atoms. The first-order valence-electron chi connectivity index (χ1n) is 1.91. The Labute approximate surface area is 47.2 Å². The average molecular weight is 124 g/mol. The quantitative estimate of drug-likeness (QED) is 0.517. The topological polar surface area (TPSA) is 9.23 Å². The lowest BCUT2D eigenvalue weighted by Gasteiger charge is -2.13. The molecule has 0 bridgehead atoms. The molecule has 0 N–H and O–H groups in total. The van der Waals surface area contributed by atoms with Crippen molar-refractivity contribution >= 4 is 11.8 Å². The number of halogens is 1. The van der Waals surface area contributed by atoms with Crippen LogP contribution in [-0.4, -0.2) is 18.6 Å². The maximum Gasteiger partial charge on any atom is 0.253 e. The van der Waals surface area contributed by atoms with Crippen molar-refractivity contribution in [2.75, 3.05) is 13.4 Å². The normalized spacial score (nSPS) is 18.9. The summed E-state index contributed by atoms with van der Waals surface area (Å²) in [4.78, 5) is 0. The second-order valence-corrected chi connectivity index (χ2v) is 2.38. The van der Waals surface area contributed by atoms with Gasteiger partial charge >= 0.3 is 0 Å². The van der Waals surface area contributed by atoms with Crippen LogP contribution in [0.3, 0.4) is 0 Å². The van der Waals surface area contributed by atoms with Gasteiger partial charge < -0.3 is 4.74 Å². The lowest BCUT2D eigenvalue weighted by Crippen LogP contribution is -2.13. The van der Waals surface area contributed by atoms with Gasteiger partial charge in [-0.3, -0.25) is 0 Å². The molecule has 44 valence electrons. The smallest absolute Gasteiger partial charge is 0.253 e. The standard InChI is InChI=1S/C4H9FOS/c1-4(5,6-2)7-3/h1-3H3. The van der Waals surface area contributed by atoms with Crippen molar-refractivity contribution < 1.29 is 9.13 Å². The second kappa shape index (κ2) is 2.52. The van der Waals surface area contributed by atoms with Crippen LogP contribution in [0.25, 0.3) is 0 Å². The van der Waals surface area contributed by atoms with E-state index in [9.17, 15) is 4.39 Å². The van der Waals surface area contributed by atoms with E-state index in [0.29, 0.717) is 0 Å². The van der Waals surface area contributed by atoms with Gasteiger partial charge in [0, 0.05) is 14.0 Å². The predicted molar refractivity (Wildman–Crippen MR) is 30.0 cm³/mol. The first-order valence-corrected chi connectivity index (χ1v) is 3.14. The second-order valence-electron chi connectivity index (χ2n) is 1.24. The molecule has 0 radical (unpaired) electrons. The molecule has 0 aromatic carbocycles. The summed E-state index contributed by atoms with van der Waals surface area (Å²) < 4.78 is 16.7. The van der Waals surface area contributed by atoms with Crippen LogP contribution in [0.5, 0.6) is 0 Å². The molecule has 0 amide bonds. The number of thioether (sulfide) groups is 1. The fraction of sp³-hybridized carbons (Fsp3) is 1.00. The monoisotopic (exact) mass is 124 g/mol. The van der Waals surface area contributed by atoms with E-state index in [0.717, 1.165) is 11.8 Å². The summed E-state index contributed by atoms with van der Waals surface area (Å²) in [7, 11) is 1.34. The average Bonchev–Trinajstić information content (AvgIpc) is 1.68. The maximum atomic E-state index is 12.3. The lowest BCUT2D eigenvalue weighted by atomic mass is 10.8. The van der Waals surface area contributed by atoms with Crippen molar-refractivity contribution in [1.29, 1.82) is 0 Å². The molecular weight excluding hydrogens is 115 g/mol. The summed E-state index contributed by atoms with van der Waals surface area (Å²) in [6, 6.07) is 0. The largest absolute Gasteiger partial charge is 0.341 e. The van der Waals surface area contributed by atoms with Crippen LogP contribution in [0.2, 0.25) is 0 Å². The highest BCUT2D eigenvalue weighted by atomic mass is 32.2. The highest BCUT2D eigenvalue weighted by Crippen LogP contribution is 2.23. The van der Waals surface area contributed by atoms with Crippen LogP contribution in [0.15, 0.2) is 0 Å². The van der Waals surface area contributed by atoms with Crippen molar-refractivity contribution in [2.24, 2.45) is 0 Å². The number of ether oxygens (including phenoxy) is 1. The summed E-state index contributed by atoms with van der Waals surface area (Å²) in [5, 5.41) is -1.50. The van der Waals surface area contributed by atoms with Crippen LogP contribution in [0.4, 0.5) is 4.39 Å². The summed E-state index contributed by atoms with van der Waals surface area (Å²) in [5.41, 5.74) is 0. The van der Waals surface area contributed by atoms with E-state index >= 15 is 0 Å². The first-order chi connectivity index (χ1) is 3.12. The summed E-state index contributed by atoms with van der Waals surface area (Å²) in [6.07, 6.45) is 1.66. The summed E-state index contributed by atoms with van der Waals surface area (Å²) >= 11 is 1.04. The van der Waals surface area contributed by atoms with Gasteiger partial charge in [0.15, 0.2) is 0 Å². The van der Waals surface area contributed by atoms with E-state index in [4.69, 9.17) is 0 Å². The molecule has 0 aliphatic heterocycles. The molecule has 0 rings (SSSR count). The van der Waals surface area contributed by atoms with Gasteiger partial charge in [0.2, 0.25) is 0 Å². The van der Waals surface area contributed by atoms with E-state index in [-0.39, 0.29) is 0 Å². The Morgan fingerprint density at radius 3 is 2.14 bits per heavy atom. The van der Waals surface area contributed by atoms with Crippen molar-refractivity contribution in [3.8, 4) is 0 Å². The fourth-order valence-electron chi connectivity index (χ4n) is 0.0833. The van der Waals surface area contributed by atoms with E-state index in [1.54, 1.807) is 6.26 Å². The molecule has 0 heterocycles. The van der Waals surface area contributed by atoms with E-state index in [2.05, 4.69) is 4.74 Å². The highest BCUT2D eigenvalue weighted by molar-refractivity contribution is 7.99. The third-order valence-corrected chi connectivity index (χ3v) is 1.63. The molecule has 1 unspecified atom stereocenters. The van der Waals surface area contributed by atoms with Crippen molar-refractivity contribution in [3.05, 3.63) is 0 Å². The molecule has 0 spiro atoms. The number of alkyl halides is 1. The molecule has 0 aromatic rings. The molecule has 1 atom stereocenters. The molecule has 0 aliphatic rings. The Morgan fingerprint density at radius 2 is 2.14 bits per heavy atom. The summed E-state index contributed by atoms with van der Waals surface area (Å²) in [6.45, 7) is 1.37. The Morgan fingerprint density at radius 1 is 1.71 bits per heavy atom. The number of rotatable bonds is 2. The molecule has 0 saturated carbocycles. The number of methoxy groups -OCH3 is 1. The van der Waals surface area contributed by atoms with Gasteiger partial charge in [0.05, 0.1) is 0 Å². The van der Waals surface area contributed by atoms with Crippen molar-refractivity contribution in [1.82, 2.24) is 0 Å². The first kappa shape index (κ1) is 7.24. The SMILES string of the molecule is COC(C)(F)SC. The minimum absolute atomic E-state index is 1.04. The minimum atomic E-state index is -1.50. The van der Waals surface area contributed by atoms with Crippen LogP contribution < -0.4 is 0 Å². The fourth-order valence-corrected chi connectivity index (χ4v) is 0.250. The van der Waals surface area contributed by atoms with Gasteiger partial charge in [-0.1, -0.05) is 11.8 Å². The Hall–Kier alpha value is 0.240. The Kier molecular flexibility index (Phi) is 2.61. The molecule has 0 saturated heterocycles. The molecule has 1 nitrogen and oxygen atoms in total. The van der Waals surface area contributed by atoms with Crippen molar-refractivity contribution in [2.45, 2.75) is 12.1 Å². The maximum absolute atomic E-state index is 12.3. The van der Waals surface area contributed by atoms with Crippen LogP contribution in [0, 0.1) is 0 Å².